The number of anilines is 2. The molecule has 0 fully saturated rings. The highest BCUT2D eigenvalue weighted by Gasteiger charge is 2.07. The lowest BCUT2D eigenvalue weighted by molar-refractivity contribution is -0.115. The Kier molecular flexibility index (Phi) is 6.81. The van der Waals surface area contributed by atoms with E-state index in [1.54, 1.807) is 31.2 Å². The van der Waals surface area contributed by atoms with Crippen molar-refractivity contribution in [3.8, 4) is 0 Å². The lowest BCUT2D eigenvalue weighted by Crippen LogP contribution is -2.16. The lowest BCUT2D eigenvalue weighted by atomic mass is 10.2. The Hall–Kier alpha value is -2.34. The van der Waals surface area contributed by atoms with Crippen molar-refractivity contribution >= 4 is 39.2 Å². The van der Waals surface area contributed by atoms with Gasteiger partial charge in [0, 0.05) is 28.8 Å². The molecule has 0 aliphatic rings. The van der Waals surface area contributed by atoms with Crippen LogP contribution in [0.25, 0.3) is 0 Å². The first-order valence-corrected chi connectivity index (χ1v) is 8.45. The molecule has 1 amide bonds. The third kappa shape index (κ3) is 5.38. The molecule has 2 rings (SSSR count). The standard InChI is InChI=1S/C18H19BrN2O3/c1-2-24-18(23)13-7-9-14(10-8-13)21-17(22)11-12-20-16-6-4-3-5-15(16)19/h3-10,20H,2,11-12H2,1H3,(H,21,22). The topological polar surface area (TPSA) is 67.4 Å². The summed E-state index contributed by atoms with van der Waals surface area (Å²) in [6, 6.07) is 14.4. The summed E-state index contributed by atoms with van der Waals surface area (Å²) >= 11 is 3.45. The van der Waals surface area contributed by atoms with Crippen LogP contribution in [-0.4, -0.2) is 25.0 Å². The van der Waals surface area contributed by atoms with Gasteiger partial charge in [-0.2, -0.15) is 0 Å². The highest BCUT2D eigenvalue weighted by Crippen LogP contribution is 2.21. The summed E-state index contributed by atoms with van der Waals surface area (Å²) in [6.07, 6.45) is 0.334. The van der Waals surface area contributed by atoms with Crippen molar-refractivity contribution in [3.05, 3.63) is 58.6 Å². The number of hydrogen-bond acceptors (Lipinski definition) is 4. The predicted molar refractivity (Wildman–Crippen MR) is 98.3 cm³/mol. The van der Waals surface area contributed by atoms with Crippen LogP contribution in [0.15, 0.2) is 53.0 Å². The van der Waals surface area contributed by atoms with Crippen molar-refractivity contribution in [1.29, 1.82) is 0 Å². The molecule has 2 aromatic rings. The summed E-state index contributed by atoms with van der Waals surface area (Å²) in [5.41, 5.74) is 2.06. The van der Waals surface area contributed by atoms with Crippen LogP contribution < -0.4 is 10.6 Å². The van der Waals surface area contributed by atoms with E-state index in [-0.39, 0.29) is 11.9 Å². The van der Waals surface area contributed by atoms with Gasteiger partial charge in [0.1, 0.15) is 0 Å². The molecule has 0 bridgehead atoms. The molecular weight excluding hydrogens is 372 g/mol. The number of para-hydroxylation sites is 1. The fourth-order valence-corrected chi connectivity index (χ4v) is 2.47. The van der Waals surface area contributed by atoms with Crippen LogP contribution in [0.3, 0.4) is 0 Å². The van der Waals surface area contributed by atoms with Crippen molar-refractivity contribution in [2.45, 2.75) is 13.3 Å². The Morgan fingerprint density at radius 2 is 1.79 bits per heavy atom. The molecule has 0 atom stereocenters. The van der Waals surface area contributed by atoms with E-state index in [4.69, 9.17) is 4.74 Å². The van der Waals surface area contributed by atoms with Gasteiger partial charge in [0.05, 0.1) is 12.2 Å². The second kappa shape index (κ2) is 9.08. The number of carbonyl (C=O) groups is 2. The van der Waals surface area contributed by atoms with Crippen molar-refractivity contribution in [2.75, 3.05) is 23.8 Å². The largest absolute Gasteiger partial charge is 0.462 e. The first-order chi connectivity index (χ1) is 11.6. The number of nitrogens with one attached hydrogen (secondary N) is 2. The molecular formula is C18H19BrN2O3. The van der Waals surface area contributed by atoms with Gasteiger partial charge < -0.3 is 15.4 Å². The van der Waals surface area contributed by atoms with Crippen LogP contribution in [0.4, 0.5) is 11.4 Å². The number of amides is 1. The van der Waals surface area contributed by atoms with Crippen molar-refractivity contribution in [2.24, 2.45) is 0 Å². The maximum Gasteiger partial charge on any atom is 0.338 e. The Morgan fingerprint density at radius 3 is 2.46 bits per heavy atom. The summed E-state index contributed by atoms with van der Waals surface area (Å²) in [5.74, 6) is -0.466. The third-order valence-electron chi connectivity index (χ3n) is 3.22. The van der Waals surface area contributed by atoms with E-state index < -0.39 is 0 Å². The van der Waals surface area contributed by atoms with Gasteiger partial charge in [-0.25, -0.2) is 4.79 Å². The number of esters is 1. The average Bonchev–Trinajstić information content (AvgIpc) is 2.57. The molecule has 0 radical (unpaired) electrons. The Labute approximate surface area is 149 Å². The maximum atomic E-state index is 12.0. The van der Waals surface area contributed by atoms with Gasteiger partial charge in [-0.15, -0.1) is 0 Å². The van der Waals surface area contributed by atoms with Gasteiger partial charge in [0.2, 0.25) is 5.91 Å². The monoisotopic (exact) mass is 390 g/mol. The van der Waals surface area contributed by atoms with Crippen molar-refractivity contribution in [3.63, 3.8) is 0 Å². The SMILES string of the molecule is CCOC(=O)c1ccc(NC(=O)CCNc2ccccc2Br)cc1. The molecule has 126 valence electrons. The number of hydrogen-bond donors (Lipinski definition) is 2. The van der Waals surface area contributed by atoms with Crippen LogP contribution in [0, 0.1) is 0 Å². The van der Waals surface area contributed by atoms with E-state index >= 15 is 0 Å². The molecule has 24 heavy (non-hydrogen) atoms. The zero-order valence-electron chi connectivity index (χ0n) is 13.3. The van der Waals surface area contributed by atoms with Crippen LogP contribution in [0.5, 0.6) is 0 Å². The average molecular weight is 391 g/mol. The van der Waals surface area contributed by atoms with Crippen LogP contribution in [0.1, 0.15) is 23.7 Å². The van der Waals surface area contributed by atoms with E-state index in [0.29, 0.717) is 30.8 Å². The smallest absolute Gasteiger partial charge is 0.338 e. The summed E-state index contributed by atoms with van der Waals surface area (Å²) in [5, 5.41) is 6.00. The second-order valence-electron chi connectivity index (χ2n) is 5.00. The minimum atomic E-state index is -0.368. The molecule has 2 aromatic carbocycles. The molecule has 0 saturated carbocycles. The van der Waals surface area contributed by atoms with E-state index in [0.717, 1.165) is 10.2 Å². The minimum absolute atomic E-state index is 0.0987. The number of ether oxygens (including phenoxy) is 1. The van der Waals surface area contributed by atoms with Gasteiger partial charge >= 0.3 is 5.97 Å². The van der Waals surface area contributed by atoms with Gasteiger partial charge in [-0.3, -0.25) is 4.79 Å². The van der Waals surface area contributed by atoms with Crippen LogP contribution in [-0.2, 0) is 9.53 Å². The highest BCUT2D eigenvalue weighted by molar-refractivity contribution is 9.10. The molecule has 0 spiro atoms. The van der Waals surface area contributed by atoms with Gasteiger partial charge in [-0.1, -0.05) is 12.1 Å². The third-order valence-corrected chi connectivity index (χ3v) is 3.91. The quantitative estimate of drug-likeness (QED) is 0.699. The molecule has 2 N–H and O–H groups in total. The van der Waals surface area contributed by atoms with Crippen molar-refractivity contribution in [1.82, 2.24) is 0 Å². The summed E-state index contributed by atoms with van der Waals surface area (Å²) in [7, 11) is 0. The second-order valence-corrected chi connectivity index (χ2v) is 5.86. The zero-order valence-corrected chi connectivity index (χ0v) is 14.9. The van der Waals surface area contributed by atoms with E-state index in [1.807, 2.05) is 24.3 Å². The first-order valence-electron chi connectivity index (χ1n) is 7.65. The molecule has 0 unspecified atom stereocenters. The van der Waals surface area contributed by atoms with Crippen LogP contribution in [0.2, 0.25) is 0 Å². The fraction of sp³-hybridized carbons (Fsp3) is 0.222. The zero-order chi connectivity index (χ0) is 17.4. The fourth-order valence-electron chi connectivity index (χ4n) is 2.04. The Balaban J connectivity index is 1.80. The van der Waals surface area contributed by atoms with Gasteiger partial charge in [-0.05, 0) is 59.3 Å². The Morgan fingerprint density at radius 1 is 1.08 bits per heavy atom. The number of rotatable bonds is 7. The number of halogens is 1. The molecule has 0 aliphatic heterocycles. The minimum Gasteiger partial charge on any atom is -0.462 e. The normalized spacial score (nSPS) is 10.1. The highest BCUT2D eigenvalue weighted by atomic mass is 79.9. The predicted octanol–water partition coefficient (Wildman–Crippen LogP) is 4.07. The molecule has 0 heterocycles. The van der Waals surface area contributed by atoms with Crippen LogP contribution >= 0.6 is 15.9 Å². The van der Waals surface area contributed by atoms with Gasteiger partial charge in [0.25, 0.3) is 0 Å². The van der Waals surface area contributed by atoms with E-state index in [9.17, 15) is 9.59 Å². The number of carbonyl (C=O) groups excluding carboxylic acids is 2. The van der Waals surface area contributed by atoms with Gasteiger partial charge in [0.15, 0.2) is 0 Å². The molecule has 0 saturated heterocycles. The first kappa shape index (κ1) is 18.0. The maximum absolute atomic E-state index is 12.0. The summed E-state index contributed by atoms with van der Waals surface area (Å²) < 4.78 is 5.87. The lowest BCUT2D eigenvalue weighted by Gasteiger charge is -2.09. The van der Waals surface area contributed by atoms with E-state index in [2.05, 4.69) is 26.6 Å². The summed E-state index contributed by atoms with van der Waals surface area (Å²) in [6.45, 7) is 2.62. The molecule has 5 nitrogen and oxygen atoms in total. The van der Waals surface area contributed by atoms with Crippen molar-refractivity contribution < 1.29 is 14.3 Å². The Bertz CT molecular complexity index is 702. The molecule has 0 aromatic heterocycles. The summed E-state index contributed by atoms with van der Waals surface area (Å²) in [4.78, 5) is 23.5. The molecule has 6 heteroatoms. The molecule has 0 aliphatic carbocycles. The van der Waals surface area contributed by atoms with E-state index in [1.165, 1.54) is 0 Å². The number of benzene rings is 2.